The maximum atomic E-state index is 12.4. The highest BCUT2D eigenvalue weighted by Gasteiger charge is 2.17. The fourth-order valence-corrected chi connectivity index (χ4v) is 4.35. The standard InChI is InChI=1S/C24H22Cl3N3O2/c1-29-8-10-30(11-9-29)22-5-2-19(15-21(22)27)28-24(31)7-4-20-3-6-23(32-20)16-12-17(25)14-18(26)13-16/h2-7,12-15H,8-11H2,1H3,(H,28,31)/b7-4+. The summed E-state index contributed by atoms with van der Waals surface area (Å²) in [5, 5.41) is 4.50. The molecule has 1 amide bonds. The number of rotatable bonds is 5. The molecule has 0 radical (unpaired) electrons. The minimum absolute atomic E-state index is 0.280. The van der Waals surface area contributed by atoms with Gasteiger partial charge in [0.05, 0.1) is 10.7 Å². The summed E-state index contributed by atoms with van der Waals surface area (Å²) in [4.78, 5) is 16.9. The average molecular weight is 491 g/mol. The Morgan fingerprint density at radius 3 is 2.38 bits per heavy atom. The topological polar surface area (TPSA) is 48.7 Å². The number of amides is 1. The number of hydrogen-bond acceptors (Lipinski definition) is 4. The lowest BCUT2D eigenvalue weighted by Crippen LogP contribution is -2.44. The van der Waals surface area contributed by atoms with Gasteiger partial charge < -0.3 is 19.5 Å². The van der Waals surface area contributed by atoms with Crippen molar-refractivity contribution in [2.45, 2.75) is 0 Å². The number of piperazine rings is 1. The van der Waals surface area contributed by atoms with E-state index >= 15 is 0 Å². The van der Waals surface area contributed by atoms with Crippen molar-refractivity contribution in [3.63, 3.8) is 0 Å². The lowest BCUT2D eigenvalue weighted by atomic mass is 10.2. The zero-order valence-corrected chi connectivity index (χ0v) is 19.7. The van der Waals surface area contributed by atoms with E-state index in [1.807, 2.05) is 12.1 Å². The van der Waals surface area contributed by atoms with Crippen LogP contribution in [-0.4, -0.2) is 44.0 Å². The summed E-state index contributed by atoms with van der Waals surface area (Å²) in [6.07, 6.45) is 3.01. The van der Waals surface area contributed by atoms with Gasteiger partial charge in [0, 0.05) is 53.6 Å². The summed E-state index contributed by atoms with van der Waals surface area (Å²) in [5.74, 6) is 0.868. The van der Waals surface area contributed by atoms with Gasteiger partial charge in [-0.15, -0.1) is 0 Å². The second-order valence-electron chi connectivity index (χ2n) is 7.64. The van der Waals surface area contributed by atoms with E-state index in [4.69, 9.17) is 39.2 Å². The van der Waals surface area contributed by atoms with E-state index in [-0.39, 0.29) is 5.91 Å². The van der Waals surface area contributed by atoms with Crippen molar-refractivity contribution in [3.8, 4) is 11.3 Å². The minimum Gasteiger partial charge on any atom is -0.457 e. The van der Waals surface area contributed by atoms with Gasteiger partial charge in [-0.3, -0.25) is 4.79 Å². The first-order valence-electron chi connectivity index (χ1n) is 10.2. The van der Waals surface area contributed by atoms with E-state index in [1.165, 1.54) is 6.08 Å². The molecule has 1 N–H and O–H groups in total. The molecule has 0 bridgehead atoms. The van der Waals surface area contributed by atoms with Gasteiger partial charge >= 0.3 is 0 Å². The van der Waals surface area contributed by atoms with Crippen LogP contribution in [0.3, 0.4) is 0 Å². The van der Waals surface area contributed by atoms with Gasteiger partial charge in [-0.25, -0.2) is 0 Å². The first-order valence-corrected chi connectivity index (χ1v) is 11.3. The largest absolute Gasteiger partial charge is 0.457 e. The van der Waals surface area contributed by atoms with Crippen molar-refractivity contribution < 1.29 is 9.21 Å². The number of nitrogens with one attached hydrogen (secondary N) is 1. The Labute approximate surface area is 202 Å². The average Bonchev–Trinajstić information content (AvgIpc) is 3.22. The number of anilines is 2. The van der Waals surface area contributed by atoms with Gasteiger partial charge in [-0.2, -0.15) is 0 Å². The quantitative estimate of drug-likeness (QED) is 0.426. The second-order valence-corrected chi connectivity index (χ2v) is 8.92. The monoisotopic (exact) mass is 489 g/mol. The third-order valence-corrected chi connectivity index (χ3v) is 5.97. The molecule has 1 saturated heterocycles. The number of likely N-dealkylation sites (N-methyl/N-ethyl adjacent to an activating group) is 1. The van der Waals surface area contributed by atoms with Gasteiger partial charge in [0.25, 0.3) is 0 Å². The molecule has 0 aliphatic carbocycles. The highest BCUT2D eigenvalue weighted by molar-refractivity contribution is 6.35. The molecule has 166 valence electrons. The lowest BCUT2D eigenvalue weighted by Gasteiger charge is -2.34. The smallest absolute Gasteiger partial charge is 0.248 e. The van der Waals surface area contributed by atoms with E-state index < -0.39 is 0 Å². The van der Waals surface area contributed by atoms with Crippen LogP contribution in [0.25, 0.3) is 17.4 Å². The number of hydrogen-bond donors (Lipinski definition) is 1. The third kappa shape index (κ3) is 5.67. The van der Waals surface area contributed by atoms with Gasteiger partial charge in [-0.1, -0.05) is 34.8 Å². The minimum atomic E-state index is -0.280. The fraction of sp³-hybridized carbons (Fsp3) is 0.208. The molecule has 0 atom stereocenters. The molecule has 1 aliphatic rings. The first-order chi connectivity index (χ1) is 15.4. The zero-order chi connectivity index (χ0) is 22.7. The Morgan fingerprint density at radius 2 is 1.69 bits per heavy atom. The van der Waals surface area contributed by atoms with Crippen LogP contribution in [-0.2, 0) is 4.79 Å². The van der Waals surface area contributed by atoms with Crippen molar-refractivity contribution in [2.75, 3.05) is 43.4 Å². The summed E-state index contributed by atoms with van der Waals surface area (Å²) in [5.41, 5.74) is 2.38. The highest BCUT2D eigenvalue weighted by atomic mass is 35.5. The van der Waals surface area contributed by atoms with Gasteiger partial charge in [-0.05, 0) is 61.7 Å². The summed E-state index contributed by atoms with van der Waals surface area (Å²) in [6, 6.07) is 14.3. The van der Waals surface area contributed by atoms with Crippen LogP contribution in [0.4, 0.5) is 11.4 Å². The van der Waals surface area contributed by atoms with E-state index in [2.05, 4.69) is 22.2 Å². The molecule has 2 aromatic carbocycles. The van der Waals surface area contributed by atoms with Crippen molar-refractivity contribution in [2.24, 2.45) is 0 Å². The fourth-order valence-electron chi connectivity index (χ4n) is 3.52. The number of halogens is 3. The molecule has 1 fully saturated rings. The Kier molecular flexibility index (Phi) is 7.11. The van der Waals surface area contributed by atoms with Crippen molar-refractivity contribution in [3.05, 3.63) is 75.4 Å². The predicted octanol–water partition coefficient (Wildman–Crippen LogP) is 6.31. The van der Waals surface area contributed by atoms with E-state index in [0.29, 0.717) is 32.3 Å². The number of furan rings is 1. The second kappa shape index (κ2) is 10.0. The number of carbonyl (C=O) groups excluding carboxylic acids is 1. The molecule has 0 spiro atoms. The number of benzene rings is 2. The summed E-state index contributed by atoms with van der Waals surface area (Å²) < 4.78 is 5.78. The zero-order valence-electron chi connectivity index (χ0n) is 17.4. The van der Waals surface area contributed by atoms with E-state index in [1.54, 1.807) is 42.5 Å². The summed E-state index contributed by atoms with van der Waals surface area (Å²) in [6.45, 7) is 3.85. The maximum absolute atomic E-state index is 12.4. The highest BCUT2D eigenvalue weighted by Crippen LogP contribution is 2.30. The summed E-state index contributed by atoms with van der Waals surface area (Å²) >= 11 is 18.6. The Bertz CT molecular complexity index is 1130. The van der Waals surface area contributed by atoms with Crippen LogP contribution in [0.5, 0.6) is 0 Å². The van der Waals surface area contributed by atoms with Crippen LogP contribution in [0.15, 0.2) is 59.0 Å². The van der Waals surface area contributed by atoms with Crippen LogP contribution in [0.1, 0.15) is 5.76 Å². The number of nitrogens with zero attached hydrogens (tertiary/aromatic N) is 2. The van der Waals surface area contributed by atoms with Crippen molar-refractivity contribution >= 4 is 58.2 Å². The van der Waals surface area contributed by atoms with Crippen molar-refractivity contribution in [1.82, 2.24) is 4.90 Å². The molecular weight excluding hydrogens is 469 g/mol. The van der Waals surface area contributed by atoms with Crippen LogP contribution < -0.4 is 10.2 Å². The first kappa shape index (κ1) is 22.7. The molecule has 2 heterocycles. The SMILES string of the molecule is CN1CCN(c2ccc(NC(=O)/C=C/c3ccc(-c4cc(Cl)cc(Cl)c4)o3)cc2Cl)CC1. The molecule has 5 nitrogen and oxygen atoms in total. The van der Waals surface area contributed by atoms with Crippen LogP contribution in [0, 0.1) is 0 Å². The van der Waals surface area contributed by atoms with Crippen LogP contribution >= 0.6 is 34.8 Å². The lowest BCUT2D eigenvalue weighted by molar-refractivity contribution is -0.111. The molecule has 0 saturated carbocycles. The molecule has 1 aromatic heterocycles. The molecule has 32 heavy (non-hydrogen) atoms. The molecule has 3 aromatic rings. The van der Waals surface area contributed by atoms with E-state index in [0.717, 1.165) is 37.4 Å². The molecule has 0 unspecified atom stereocenters. The van der Waals surface area contributed by atoms with E-state index in [9.17, 15) is 4.79 Å². The van der Waals surface area contributed by atoms with Crippen LogP contribution in [0.2, 0.25) is 15.1 Å². The Morgan fingerprint density at radius 1 is 0.969 bits per heavy atom. The summed E-state index contributed by atoms with van der Waals surface area (Å²) in [7, 11) is 2.11. The normalized spacial score (nSPS) is 14.8. The number of carbonyl (C=O) groups is 1. The third-order valence-electron chi connectivity index (χ3n) is 5.23. The predicted molar refractivity (Wildman–Crippen MR) is 133 cm³/mol. The van der Waals surface area contributed by atoms with Gasteiger partial charge in [0.1, 0.15) is 11.5 Å². The Balaban J connectivity index is 1.38. The molecule has 1 aliphatic heterocycles. The van der Waals surface area contributed by atoms with Crippen molar-refractivity contribution in [1.29, 1.82) is 0 Å². The maximum Gasteiger partial charge on any atom is 0.248 e. The van der Waals surface area contributed by atoms with Gasteiger partial charge in [0.2, 0.25) is 5.91 Å². The van der Waals surface area contributed by atoms with Gasteiger partial charge in [0.15, 0.2) is 0 Å². The molecule has 8 heteroatoms. The Hall–Kier alpha value is -2.44. The molecule has 4 rings (SSSR count). The molecular formula is C24H22Cl3N3O2.